The molecule has 0 N–H and O–H groups in total. The number of aromatic nitrogens is 4. The van der Waals surface area contributed by atoms with Crippen LogP contribution >= 0.6 is 0 Å². The number of nitrogens with zero attached hydrogens (tertiary/aromatic N) is 4. The van der Waals surface area contributed by atoms with E-state index >= 15 is 0 Å². The zero-order valence-electron chi connectivity index (χ0n) is 15.9. The lowest BCUT2D eigenvalue weighted by atomic mass is 10.1. The van der Waals surface area contributed by atoms with Gasteiger partial charge in [-0.1, -0.05) is 65.2 Å². The van der Waals surface area contributed by atoms with Crippen LogP contribution in [0.2, 0.25) is 0 Å². The van der Waals surface area contributed by atoms with Crippen molar-refractivity contribution in [3.8, 4) is 22.5 Å². The molecule has 150 valence electrons. The lowest BCUT2D eigenvalue weighted by molar-refractivity contribution is -2.00. The largest absolute Gasteiger partial charge is 0.388 e. The van der Waals surface area contributed by atoms with E-state index in [1.54, 1.807) is 0 Å². The molecule has 2 aromatic carbocycles. The fraction of sp³-hybridized carbons (Fsp3) is 0.150. The summed E-state index contributed by atoms with van der Waals surface area (Å²) in [6.07, 6.45) is 0. The summed E-state index contributed by atoms with van der Waals surface area (Å²) in [5.41, 5.74) is 4.25. The van der Waals surface area contributed by atoms with Crippen LogP contribution < -0.4 is 23.2 Å². The predicted molar refractivity (Wildman–Crippen MR) is 94.5 cm³/mol. The Balaban J connectivity index is 0.000000431. The zero-order valence-corrected chi connectivity index (χ0v) is 16.6. The molecule has 0 atom stereocenters. The highest BCUT2D eigenvalue weighted by Gasteiger charge is 2.22. The Bertz CT molecular complexity index is 1090. The highest BCUT2D eigenvalue weighted by molar-refractivity contribution is 5.69. The molecule has 0 radical (unpaired) electrons. The van der Waals surface area contributed by atoms with Gasteiger partial charge in [-0.25, -0.2) is 23.2 Å². The fourth-order valence-electron chi connectivity index (χ4n) is 3.04. The second kappa shape index (κ2) is 8.64. The molecule has 0 saturated carbocycles. The maximum atomic E-state index is 8.49. The molecule has 8 nitrogen and oxygen atoms in total. The molecule has 0 fully saturated rings. The van der Waals surface area contributed by atoms with E-state index in [0.29, 0.717) is 0 Å². The number of aryl methyl sites for hydroxylation is 2. The van der Waals surface area contributed by atoms with Crippen LogP contribution in [-0.2, 0) is 6.54 Å². The van der Waals surface area contributed by atoms with Crippen molar-refractivity contribution in [2.24, 2.45) is 0 Å². The van der Waals surface area contributed by atoms with Crippen LogP contribution in [0.3, 0.4) is 0 Å². The van der Waals surface area contributed by atoms with Crippen LogP contribution in [0.25, 0.3) is 28.3 Å². The minimum Gasteiger partial charge on any atom is -0.222 e. The number of rotatable bonds is 3. The van der Waals surface area contributed by atoms with Gasteiger partial charge in [0.1, 0.15) is 11.4 Å². The van der Waals surface area contributed by atoms with Crippen molar-refractivity contribution in [3.05, 3.63) is 72.6 Å². The summed E-state index contributed by atoms with van der Waals surface area (Å²) in [6.45, 7) is 4.98. The van der Waals surface area contributed by atoms with Gasteiger partial charge in [0.25, 0.3) is 0 Å². The Labute approximate surface area is 169 Å². The highest BCUT2D eigenvalue weighted by atomic mass is 35.7. The van der Waals surface area contributed by atoms with E-state index in [0.717, 1.165) is 40.7 Å². The van der Waals surface area contributed by atoms with Gasteiger partial charge in [-0.2, -0.15) is 0 Å². The van der Waals surface area contributed by atoms with E-state index in [4.69, 9.17) is 28.7 Å². The zero-order chi connectivity index (χ0) is 21.0. The van der Waals surface area contributed by atoms with E-state index in [-0.39, 0.29) is 0 Å². The van der Waals surface area contributed by atoms with Gasteiger partial charge in [0, 0.05) is 24.1 Å². The van der Waals surface area contributed by atoms with Crippen molar-refractivity contribution in [1.29, 1.82) is 0 Å². The molecule has 0 amide bonds. The van der Waals surface area contributed by atoms with Crippen molar-refractivity contribution in [1.82, 2.24) is 14.6 Å². The van der Waals surface area contributed by atoms with Crippen molar-refractivity contribution in [2.45, 2.75) is 20.4 Å². The number of benzene rings is 2. The van der Waals surface area contributed by atoms with Gasteiger partial charge in [0.2, 0.25) is 5.82 Å². The van der Waals surface area contributed by atoms with Crippen LogP contribution in [-0.4, -0.2) is 14.6 Å². The van der Waals surface area contributed by atoms with Gasteiger partial charge in [-0.15, -0.1) is 15.2 Å². The van der Waals surface area contributed by atoms with Gasteiger partial charge in [-0.05, 0) is 12.0 Å². The molecule has 4 rings (SSSR count). The summed E-state index contributed by atoms with van der Waals surface area (Å²) in [5.74, 6) is 1.84. The van der Waals surface area contributed by atoms with E-state index < -0.39 is 10.2 Å². The molecule has 2 aromatic heterocycles. The van der Waals surface area contributed by atoms with Crippen LogP contribution in [0.4, 0.5) is 0 Å². The molecule has 0 aliphatic heterocycles. The summed E-state index contributed by atoms with van der Waals surface area (Å²) in [6, 6.07) is 22.7. The number of hydrogen-bond acceptors (Lipinski definition) is 6. The lowest BCUT2D eigenvalue weighted by Gasteiger charge is -2.17. The van der Waals surface area contributed by atoms with Gasteiger partial charge >= 0.3 is 5.78 Å². The average Bonchev–Trinajstić information content (AvgIpc) is 3.02. The van der Waals surface area contributed by atoms with Gasteiger partial charge < -0.3 is 0 Å². The van der Waals surface area contributed by atoms with E-state index in [9.17, 15) is 0 Å². The van der Waals surface area contributed by atoms with E-state index in [1.165, 1.54) is 0 Å². The molecule has 2 heterocycles. The Morgan fingerprint density at radius 3 is 1.93 bits per heavy atom. The second-order valence-corrected chi connectivity index (χ2v) is 6.90. The van der Waals surface area contributed by atoms with Crippen molar-refractivity contribution < 1.29 is 33.4 Å². The minimum atomic E-state index is -4.94. The van der Waals surface area contributed by atoms with E-state index in [2.05, 4.69) is 41.8 Å². The molecule has 0 saturated heterocycles. The van der Waals surface area contributed by atoms with E-state index in [1.807, 2.05) is 47.8 Å². The summed E-state index contributed by atoms with van der Waals surface area (Å²) < 4.78 is 38.1. The average molecular weight is 415 g/mol. The molecular formula is C20H19ClN4O4. The standard InChI is InChI=1S/C20H19N4.ClHO4/c1-3-23-15(2)22-24-19(17-12-8-5-9-13-17)14-18(21-20(23)24)16-10-6-4-7-11-16;2-1(3,4)5/h4-14H,3H2,1-2H3;(H,2,3,4,5)/q+1;/p-1. The Morgan fingerprint density at radius 2 is 1.41 bits per heavy atom. The molecule has 0 spiro atoms. The second-order valence-electron chi connectivity index (χ2n) is 6.14. The minimum absolute atomic E-state index is 0.842. The van der Waals surface area contributed by atoms with Crippen LogP contribution in [0.5, 0.6) is 0 Å². The first-order chi connectivity index (χ1) is 13.8. The highest BCUT2D eigenvalue weighted by Crippen LogP contribution is 2.25. The molecule has 4 aromatic rings. The summed E-state index contributed by atoms with van der Waals surface area (Å²) in [7, 11) is -4.94. The first-order valence-corrected chi connectivity index (χ1v) is 10.0. The van der Waals surface area contributed by atoms with Gasteiger partial charge in [0.15, 0.2) is 0 Å². The quantitative estimate of drug-likeness (QED) is 0.392. The predicted octanol–water partition coefficient (Wildman–Crippen LogP) is -1.08. The first kappa shape index (κ1) is 20.8. The molecule has 0 aliphatic rings. The molecule has 0 unspecified atom stereocenters. The summed E-state index contributed by atoms with van der Waals surface area (Å²) in [5, 5.41) is 4.71. The summed E-state index contributed by atoms with van der Waals surface area (Å²) in [4.78, 5) is 4.89. The lowest BCUT2D eigenvalue weighted by Crippen LogP contribution is -2.68. The van der Waals surface area contributed by atoms with Gasteiger partial charge in [0.05, 0.1) is 6.54 Å². The van der Waals surface area contributed by atoms with Gasteiger partial charge in [-0.3, -0.25) is 0 Å². The smallest absolute Gasteiger partial charge is 0.222 e. The third-order valence-corrected chi connectivity index (χ3v) is 4.24. The van der Waals surface area contributed by atoms with Crippen molar-refractivity contribution in [3.63, 3.8) is 0 Å². The topological polar surface area (TPSA) is 126 Å². The fourth-order valence-corrected chi connectivity index (χ4v) is 3.04. The Morgan fingerprint density at radius 1 is 0.897 bits per heavy atom. The Hall–Kier alpha value is -2.88. The number of fused-ring (bicyclic) bond motifs is 1. The first-order valence-electron chi connectivity index (χ1n) is 8.80. The molecular weight excluding hydrogens is 396 g/mol. The molecule has 0 bridgehead atoms. The third kappa shape index (κ3) is 5.14. The molecule has 0 aliphatic carbocycles. The van der Waals surface area contributed by atoms with Crippen molar-refractivity contribution in [2.75, 3.05) is 0 Å². The molecule has 29 heavy (non-hydrogen) atoms. The number of halogens is 1. The SMILES string of the molecule is CC[n+]1c(C)nn2c(-c3ccccc3)cc(-c3ccccc3)nc21.[O-][Cl+3]([O-])([O-])[O-]. The normalized spacial score (nSPS) is 11.2. The number of hydrogen-bond donors (Lipinski definition) is 0. The maximum absolute atomic E-state index is 8.49. The summed E-state index contributed by atoms with van der Waals surface area (Å²) >= 11 is 0. The third-order valence-electron chi connectivity index (χ3n) is 4.24. The molecule has 9 heteroatoms. The Kier molecular flexibility index (Phi) is 6.21. The monoisotopic (exact) mass is 414 g/mol. The van der Waals surface area contributed by atoms with Crippen molar-refractivity contribution >= 4 is 5.78 Å². The van der Waals surface area contributed by atoms with Crippen LogP contribution in [0.15, 0.2) is 66.7 Å². The maximum Gasteiger partial charge on any atom is 0.388 e. The van der Waals surface area contributed by atoms with Crippen LogP contribution in [0, 0.1) is 17.2 Å². The van der Waals surface area contributed by atoms with Crippen LogP contribution in [0.1, 0.15) is 12.7 Å².